The quantitative estimate of drug-likeness (QED) is 0.832. The highest BCUT2D eigenvalue weighted by Gasteiger charge is 2.36. The minimum atomic E-state index is -1.49. The maximum atomic E-state index is 11.7. The fourth-order valence-electron chi connectivity index (χ4n) is 0.839. The number of aliphatic carboxylic acids is 1. The molecule has 1 aromatic heterocycles. The predicted octanol–water partition coefficient (Wildman–Crippen LogP) is 1.89. The number of anilines is 1. The second kappa shape index (κ2) is 4.61. The van der Waals surface area contributed by atoms with E-state index in [4.69, 9.17) is 5.11 Å². The average Bonchev–Trinajstić information content (AvgIpc) is 2.21. The summed E-state index contributed by atoms with van der Waals surface area (Å²) in [6, 6.07) is 3.40. The van der Waals surface area contributed by atoms with Crippen molar-refractivity contribution < 1.29 is 14.7 Å². The van der Waals surface area contributed by atoms with Gasteiger partial charge in [-0.25, -0.2) is 4.98 Å². The first-order chi connectivity index (χ1) is 7.35. The van der Waals surface area contributed by atoms with Crippen LogP contribution < -0.4 is 5.32 Å². The molecule has 0 atom stereocenters. The Bertz CT molecular complexity index is 432. The van der Waals surface area contributed by atoms with Crippen molar-refractivity contribution >= 4 is 33.6 Å². The molecule has 1 aromatic rings. The summed E-state index contributed by atoms with van der Waals surface area (Å²) in [7, 11) is 0. The van der Waals surface area contributed by atoms with Gasteiger partial charge in [0.15, 0.2) is 0 Å². The first kappa shape index (κ1) is 12.6. The molecule has 0 aromatic carbocycles. The molecular weight excluding hydrogens is 276 g/mol. The van der Waals surface area contributed by atoms with E-state index in [1.165, 1.54) is 20.0 Å². The molecule has 0 radical (unpaired) electrons. The molecule has 0 aliphatic rings. The van der Waals surface area contributed by atoms with Gasteiger partial charge in [-0.3, -0.25) is 9.59 Å². The van der Waals surface area contributed by atoms with Gasteiger partial charge in [-0.05, 0) is 41.9 Å². The van der Waals surface area contributed by atoms with Gasteiger partial charge in [-0.15, -0.1) is 0 Å². The highest BCUT2D eigenvalue weighted by molar-refractivity contribution is 9.10. The van der Waals surface area contributed by atoms with Gasteiger partial charge in [0.1, 0.15) is 11.2 Å². The van der Waals surface area contributed by atoms with Crippen molar-refractivity contribution in [2.45, 2.75) is 13.8 Å². The van der Waals surface area contributed by atoms with Crippen LogP contribution in [-0.2, 0) is 9.59 Å². The number of carboxylic acid groups (broad SMARTS) is 1. The zero-order valence-electron chi connectivity index (χ0n) is 8.82. The third kappa shape index (κ3) is 2.57. The van der Waals surface area contributed by atoms with Gasteiger partial charge in [-0.1, -0.05) is 0 Å². The second-order valence-corrected chi connectivity index (χ2v) is 4.57. The van der Waals surface area contributed by atoms with Crippen LogP contribution in [0.4, 0.5) is 5.82 Å². The number of hydrogen-bond acceptors (Lipinski definition) is 3. The molecule has 16 heavy (non-hydrogen) atoms. The monoisotopic (exact) mass is 286 g/mol. The maximum Gasteiger partial charge on any atom is 0.318 e. The number of amides is 1. The highest BCUT2D eigenvalue weighted by atomic mass is 79.9. The highest BCUT2D eigenvalue weighted by Crippen LogP contribution is 2.22. The first-order valence-electron chi connectivity index (χ1n) is 4.51. The van der Waals surface area contributed by atoms with Crippen LogP contribution in [0.3, 0.4) is 0 Å². The van der Waals surface area contributed by atoms with Crippen LogP contribution in [-0.4, -0.2) is 22.0 Å². The second-order valence-electron chi connectivity index (χ2n) is 3.72. The third-order valence-electron chi connectivity index (χ3n) is 2.09. The van der Waals surface area contributed by atoms with E-state index in [1.54, 1.807) is 12.1 Å². The molecule has 0 aliphatic heterocycles. The molecule has 86 valence electrons. The number of nitrogens with one attached hydrogen (secondary N) is 1. The summed E-state index contributed by atoms with van der Waals surface area (Å²) in [4.78, 5) is 26.4. The van der Waals surface area contributed by atoms with Crippen LogP contribution in [0.5, 0.6) is 0 Å². The summed E-state index contributed by atoms with van der Waals surface area (Å²) in [5.41, 5.74) is -1.49. The standard InChI is InChI=1S/C10H11BrN2O3/c1-10(2,9(15)16)8(14)13-7-6(11)4-3-5-12-7/h3-5H,1-2H3,(H,15,16)(H,12,13,14). The summed E-state index contributed by atoms with van der Waals surface area (Å²) in [6.45, 7) is 2.67. The van der Waals surface area contributed by atoms with Crippen molar-refractivity contribution in [1.29, 1.82) is 0 Å². The number of hydrogen-bond donors (Lipinski definition) is 2. The van der Waals surface area contributed by atoms with Gasteiger partial charge in [0.25, 0.3) is 0 Å². The number of rotatable bonds is 3. The van der Waals surface area contributed by atoms with Crippen LogP contribution in [0, 0.1) is 5.41 Å². The van der Waals surface area contributed by atoms with Gasteiger partial charge in [0.05, 0.1) is 4.47 Å². The van der Waals surface area contributed by atoms with E-state index >= 15 is 0 Å². The van der Waals surface area contributed by atoms with E-state index in [-0.39, 0.29) is 0 Å². The van der Waals surface area contributed by atoms with Crippen molar-refractivity contribution in [2.75, 3.05) is 5.32 Å². The maximum absolute atomic E-state index is 11.7. The molecule has 0 spiro atoms. The Morgan fingerprint density at radius 1 is 1.50 bits per heavy atom. The Balaban J connectivity index is 2.88. The van der Waals surface area contributed by atoms with Gasteiger partial charge in [-0.2, -0.15) is 0 Å². The molecule has 6 heteroatoms. The zero-order valence-corrected chi connectivity index (χ0v) is 10.4. The van der Waals surface area contributed by atoms with Crippen LogP contribution in [0.2, 0.25) is 0 Å². The first-order valence-corrected chi connectivity index (χ1v) is 5.30. The molecule has 0 saturated heterocycles. The lowest BCUT2D eigenvalue weighted by atomic mass is 9.93. The van der Waals surface area contributed by atoms with Crippen LogP contribution in [0.15, 0.2) is 22.8 Å². The molecule has 1 rings (SSSR count). The summed E-state index contributed by atoms with van der Waals surface area (Å²) in [6.07, 6.45) is 1.51. The molecule has 0 fully saturated rings. The Hall–Kier alpha value is -1.43. The van der Waals surface area contributed by atoms with Crippen LogP contribution >= 0.6 is 15.9 Å². The third-order valence-corrected chi connectivity index (χ3v) is 2.73. The lowest BCUT2D eigenvalue weighted by Crippen LogP contribution is -2.38. The summed E-state index contributed by atoms with van der Waals surface area (Å²) < 4.78 is 0.601. The minimum Gasteiger partial charge on any atom is -0.480 e. The lowest BCUT2D eigenvalue weighted by molar-refractivity contribution is -0.151. The van der Waals surface area contributed by atoms with E-state index in [0.717, 1.165) is 0 Å². The molecule has 0 unspecified atom stereocenters. The van der Waals surface area contributed by atoms with Crippen molar-refractivity contribution in [3.63, 3.8) is 0 Å². The van der Waals surface area contributed by atoms with Gasteiger partial charge in [0, 0.05) is 6.20 Å². The Morgan fingerprint density at radius 2 is 2.12 bits per heavy atom. The number of carbonyl (C=O) groups is 2. The molecule has 0 aliphatic carbocycles. The topological polar surface area (TPSA) is 79.3 Å². The zero-order chi connectivity index (χ0) is 12.3. The number of carboxylic acids is 1. The van der Waals surface area contributed by atoms with Crippen molar-refractivity contribution in [3.05, 3.63) is 22.8 Å². The van der Waals surface area contributed by atoms with E-state index in [9.17, 15) is 9.59 Å². The van der Waals surface area contributed by atoms with E-state index in [1.807, 2.05) is 0 Å². The normalized spacial score (nSPS) is 10.9. The number of aromatic nitrogens is 1. The molecule has 2 N–H and O–H groups in total. The van der Waals surface area contributed by atoms with Crippen molar-refractivity contribution in [2.24, 2.45) is 5.41 Å². The smallest absolute Gasteiger partial charge is 0.318 e. The SMILES string of the molecule is CC(C)(C(=O)O)C(=O)Nc1ncccc1Br. The number of nitrogens with zero attached hydrogens (tertiary/aromatic N) is 1. The number of halogens is 1. The lowest BCUT2D eigenvalue weighted by Gasteiger charge is -2.18. The van der Waals surface area contributed by atoms with Gasteiger partial charge >= 0.3 is 5.97 Å². The van der Waals surface area contributed by atoms with Gasteiger partial charge < -0.3 is 10.4 Å². The largest absolute Gasteiger partial charge is 0.480 e. The minimum absolute atomic E-state index is 0.307. The Kier molecular flexibility index (Phi) is 3.64. The fraction of sp³-hybridized carbons (Fsp3) is 0.300. The van der Waals surface area contributed by atoms with Crippen LogP contribution in [0.1, 0.15) is 13.8 Å². The van der Waals surface area contributed by atoms with E-state index < -0.39 is 17.3 Å². The fourth-order valence-corrected chi connectivity index (χ4v) is 1.19. The van der Waals surface area contributed by atoms with Crippen molar-refractivity contribution in [3.8, 4) is 0 Å². The van der Waals surface area contributed by atoms with E-state index in [2.05, 4.69) is 26.2 Å². The van der Waals surface area contributed by atoms with E-state index in [0.29, 0.717) is 10.3 Å². The molecule has 5 nitrogen and oxygen atoms in total. The molecule has 0 bridgehead atoms. The van der Waals surface area contributed by atoms with Gasteiger partial charge in [0.2, 0.25) is 5.91 Å². The molecule has 1 amide bonds. The van der Waals surface area contributed by atoms with Crippen molar-refractivity contribution in [1.82, 2.24) is 4.98 Å². The predicted molar refractivity (Wildman–Crippen MR) is 62.0 cm³/mol. The molecule has 0 saturated carbocycles. The molecule has 1 heterocycles. The Morgan fingerprint density at radius 3 is 2.62 bits per heavy atom. The number of pyridine rings is 1. The number of carbonyl (C=O) groups excluding carboxylic acids is 1. The molecular formula is C10H11BrN2O3. The summed E-state index contributed by atoms with van der Waals surface area (Å²) >= 11 is 3.20. The Labute approximate surface area is 101 Å². The van der Waals surface area contributed by atoms with Crippen LogP contribution in [0.25, 0.3) is 0 Å². The summed E-state index contributed by atoms with van der Waals surface area (Å²) in [5.74, 6) is -1.49. The summed E-state index contributed by atoms with van der Waals surface area (Å²) in [5, 5.41) is 11.3. The average molecular weight is 287 g/mol.